The number of aromatic amines is 1. The third kappa shape index (κ3) is 1.77. The summed E-state index contributed by atoms with van der Waals surface area (Å²) in [7, 11) is -3.60. The average molecular weight is 292 g/mol. The Kier molecular flexibility index (Phi) is 2.75. The first kappa shape index (κ1) is 13.0. The first-order valence-corrected chi connectivity index (χ1v) is 7.78. The molecule has 0 spiro atoms. The van der Waals surface area contributed by atoms with E-state index in [1.54, 1.807) is 26.0 Å². The number of aromatic nitrogens is 2. The summed E-state index contributed by atoms with van der Waals surface area (Å²) in [6.07, 6.45) is 0.699. The number of hydrogen-bond donors (Lipinski definition) is 2. The maximum atomic E-state index is 12.8. The second kappa shape index (κ2) is 4.24. The molecular weight excluding hydrogens is 276 g/mol. The van der Waals surface area contributed by atoms with Gasteiger partial charge in [0, 0.05) is 12.2 Å². The second-order valence-electron chi connectivity index (χ2n) is 4.98. The van der Waals surface area contributed by atoms with Crippen molar-refractivity contribution >= 4 is 21.4 Å². The number of benzene rings is 1. The van der Waals surface area contributed by atoms with Crippen LogP contribution in [0.4, 0.5) is 11.4 Å². The Bertz CT molecular complexity index is 760. The predicted octanol–water partition coefficient (Wildman–Crippen LogP) is 1.36. The van der Waals surface area contributed by atoms with Gasteiger partial charge in [0.1, 0.15) is 4.90 Å². The van der Waals surface area contributed by atoms with Gasteiger partial charge in [0.15, 0.2) is 0 Å². The van der Waals surface area contributed by atoms with Crippen molar-refractivity contribution in [2.75, 3.05) is 16.6 Å². The van der Waals surface area contributed by atoms with Crippen molar-refractivity contribution in [3.8, 4) is 0 Å². The third-order valence-electron chi connectivity index (χ3n) is 3.57. The lowest BCUT2D eigenvalue weighted by Gasteiger charge is -2.20. The molecule has 3 N–H and O–H groups in total. The molecule has 0 radical (unpaired) electrons. The molecule has 2 aromatic rings. The van der Waals surface area contributed by atoms with Gasteiger partial charge in [-0.25, -0.2) is 8.42 Å². The van der Waals surface area contributed by atoms with Crippen LogP contribution in [0.1, 0.15) is 17.0 Å². The summed E-state index contributed by atoms with van der Waals surface area (Å²) in [6.45, 7) is 3.83. The van der Waals surface area contributed by atoms with E-state index in [1.807, 2.05) is 6.07 Å². The molecule has 0 unspecified atom stereocenters. The topological polar surface area (TPSA) is 92.1 Å². The molecule has 1 aliphatic heterocycles. The van der Waals surface area contributed by atoms with Crippen LogP contribution in [0.25, 0.3) is 0 Å². The molecule has 6 nitrogen and oxygen atoms in total. The molecule has 1 aliphatic rings. The standard InChI is InChI=1S/C13H16N4O2S/c1-8-13(9(2)16-15-8)20(18,19)17-6-5-10-3-4-11(14)7-12(10)17/h3-4,7H,5-6,14H2,1-2H3,(H,15,16). The molecule has 2 heterocycles. The van der Waals surface area contributed by atoms with Crippen molar-refractivity contribution in [2.24, 2.45) is 0 Å². The second-order valence-corrected chi connectivity index (χ2v) is 6.78. The molecule has 0 aliphatic carbocycles. The Balaban J connectivity index is 2.14. The van der Waals surface area contributed by atoms with E-state index in [0.717, 1.165) is 5.56 Å². The molecule has 0 saturated heterocycles. The highest BCUT2D eigenvalue weighted by Gasteiger charge is 2.34. The first-order chi connectivity index (χ1) is 9.41. The van der Waals surface area contributed by atoms with Gasteiger partial charge in [-0.05, 0) is 38.0 Å². The van der Waals surface area contributed by atoms with Crippen LogP contribution in [-0.4, -0.2) is 25.2 Å². The zero-order valence-electron chi connectivity index (χ0n) is 11.3. The van der Waals surface area contributed by atoms with Crippen LogP contribution < -0.4 is 10.0 Å². The van der Waals surface area contributed by atoms with Crippen molar-refractivity contribution in [2.45, 2.75) is 25.2 Å². The summed E-state index contributed by atoms with van der Waals surface area (Å²) in [5.41, 5.74) is 9.05. The van der Waals surface area contributed by atoms with Gasteiger partial charge in [-0.15, -0.1) is 0 Å². The van der Waals surface area contributed by atoms with Crippen LogP contribution >= 0.6 is 0 Å². The van der Waals surface area contributed by atoms with Gasteiger partial charge in [0.2, 0.25) is 0 Å². The molecule has 0 bridgehead atoms. The molecule has 0 fully saturated rings. The van der Waals surface area contributed by atoms with Crippen LogP contribution in [0.15, 0.2) is 23.1 Å². The van der Waals surface area contributed by atoms with E-state index in [-0.39, 0.29) is 4.90 Å². The van der Waals surface area contributed by atoms with Crippen molar-refractivity contribution in [3.05, 3.63) is 35.2 Å². The summed E-state index contributed by atoms with van der Waals surface area (Å²) in [4.78, 5) is 0.257. The molecule has 20 heavy (non-hydrogen) atoms. The zero-order valence-corrected chi connectivity index (χ0v) is 12.2. The molecule has 7 heteroatoms. The fraction of sp³-hybridized carbons (Fsp3) is 0.308. The van der Waals surface area contributed by atoms with Gasteiger partial charge in [0.05, 0.1) is 17.1 Å². The number of rotatable bonds is 2. The largest absolute Gasteiger partial charge is 0.399 e. The van der Waals surface area contributed by atoms with Crippen LogP contribution in [0, 0.1) is 13.8 Å². The first-order valence-electron chi connectivity index (χ1n) is 6.34. The molecular formula is C13H16N4O2S. The lowest BCUT2D eigenvalue weighted by atomic mass is 10.1. The van der Waals surface area contributed by atoms with E-state index in [0.29, 0.717) is 35.7 Å². The Hall–Kier alpha value is -2.02. The SMILES string of the molecule is Cc1n[nH]c(C)c1S(=O)(=O)N1CCc2ccc(N)cc21. The maximum absolute atomic E-state index is 12.8. The van der Waals surface area contributed by atoms with Crippen LogP contribution in [0.2, 0.25) is 0 Å². The molecule has 3 rings (SSSR count). The van der Waals surface area contributed by atoms with Crippen LogP contribution in [0.5, 0.6) is 0 Å². The molecule has 0 atom stereocenters. The number of sulfonamides is 1. The molecule has 1 aromatic carbocycles. The summed E-state index contributed by atoms with van der Waals surface area (Å²) in [5, 5.41) is 6.69. The quantitative estimate of drug-likeness (QED) is 0.817. The minimum atomic E-state index is -3.60. The Morgan fingerprint density at radius 1 is 1.35 bits per heavy atom. The Morgan fingerprint density at radius 2 is 2.10 bits per heavy atom. The summed E-state index contributed by atoms with van der Waals surface area (Å²) < 4.78 is 27.1. The number of hydrogen-bond acceptors (Lipinski definition) is 4. The number of anilines is 2. The summed E-state index contributed by atoms with van der Waals surface area (Å²) >= 11 is 0. The number of nitrogens with zero attached hydrogens (tertiary/aromatic N) is 2. The van der Waals surface area contributed by atoms with E-state index in [1.165, 1.54) is 4.31 Å². The number of fused-ring (bicyclic) bond motifs is 1. The number of aryl methyl sites for hydroxylation is 2. The van der Waals surface area contributed by atoms with Crippen molar-refractivity contribution in [1.82, 2.24) is 10.2 Å². The van der Waals surface area contributed by atoms with Crippen molar-refractivity contribution in [3.63, 3.8) is 0 Å². The molecule has 0 saturated carbocycles. The normalized spacial score (nSPS) is 14.6. The van der Waals surface area contributed by atoms with E-state index in [9.17, 15) is 8.42 Å². The van der Waals surface area contributed by atoms with E-state index >= 15 is 0 Å². The summed E-state index contributed by atoms with van der Waals surface area (Å²) in [5.74, 6) is 0. The predicted molar refractivity (Wildman–Crippen MR) is 77.2 cm³/mol. The van der Waals surface area contributed by atoms with Crippen LogP contribution in [-0.2, 0) is 16.4 Å². The molecule has 0 amide bonds. The maximum Gasteiger partial charge on any atom is 0.268 e. The number of H-pyrrole nitrogens is 1. The fourth-order valence-electron chi connectivity index (χ4n) is 2.65. The lowest BCUT2D eigenvalue weighted by Crippen LogP contribution is -2.29. The smallest absolute Gasteiger partial charge is 0.268 e. The average Bonchev–Trinajstić information content (AvgIpc) is 2.93. The van der Waals surface area contributed by atoms with E-state index in [4.69, 9.17) is 5.73 Å². The van der Waals surface area contributed by atoms with Gasteiger partial charge in [-0.2, -0.15) is 5.10 Å². The Morgan fingerprint density at radius 3 is 2.75 bits per heavy atom. The highest BCUT2D eigenvalue weighted by Crippen LogP contribution is 2.35. The van der Waals surface area contributed by atoms with E-state index in [2.05, 4.69) is 10.2 Å². The summed E-state index contributed by atoms with van der Waals surface area (Å²) in [6, 6.07) is 5.39. The van der Waals surface area contributed by atoms with Gasteiger partial charge in [0.25, 0.3) is 10.0 Å². The van der Waals surface area contributed by atoms with E-state index < -0.39 is 10.0 Å². The lowest BCUT2D eigenvalue weighted by molar-refractivity contribution is 0.591. The minimum Gasteiger partial charge on any atom is -0.399 e. The monoisotopic (exact) mass is 292 g/mol. The Labute approximate surface area is 117 Å². The fourth-order valence-corrected chi connectivity index (χ4v) is 4.48. The van der Waals surface area contributed by atoms with Gasteiger partial charge in [-0.3, -0.25) is 9.40 Å². The van der Waals surface area contributed by atoms with Gasteiger partial charge in [-0.1, -0.05) is 6.07 Å². The van der Waals surface area contributed by atoms with Crippen LogP contribution in [0.3, 0.4) is 0 Å². The minimum absolute atomic E-state index is 0.257. The molecule has 106 valence electrons. The highest BCUT2D eigenvalue weighted by atomic mass is 32.2. The number of nitrogens with one attached hydrogen (secondary N) is 1. The zero-order chi connectivity index (χ0) is 14.5. The highest BCUT2D eigenvalue weighted by molar-refractivity contribution is 7.93. The van der Waals surface area contributed by atoms with Gasteiger partial charge >= 0.3 is 0 Å². The van der Waals surface area contributed by atoms with Gasteiger partial charge < -0.3 is 5.73 Å². The van der Waals surface area contributed by atoms with Crippen molar-refractivity contribution < 1.29 is 8.42 Å². The molecule has 1 aromatic heterocycles. The van der Waals surface area contributed by atoms with Crippen molar-refractivity contribution in [1.29, 1.82) is 0 Å². The number of nitrogens with two attached hydrogens (primary N) is 1. The third-order valence-corrected chi connectivity index (χ3v) is 5.65. The number of nitrogen functional groups attached to an aromatic ring is 1.